The Hall–Kier alpha value is -5.46. The average molecular weight is 533 g/mol. The van der Waals surface area contributed by atoms with Crippen LogP contribution in [0.25, 0.3) is 76.8 Å². The third kappa shape index (κ3) is 4.08. The third-order valence-electron chi connectivity index (χ3n) is 8.45. The van der Waals surface area contributed by atoms with Crippen LogP contribution >= 0.6 is 0 Å². The molecule has 0 fully saturated rings. The van der Waals surface area contributed by atoms with Crippen molar-refractivity contribution in [2.45, 2.75) is 0 Å². The van der Waals surface area contributed by atoms with Gasteiger partial charge in [0.1, 0.15) is 0 Å². The van der Waals surface area contributed by atoms with Crippen molar-refractivity contribution in [2.75, 3.05) is 0 Å². The van der Waals surface area contributed by atoms with E-state index >= 15 is 0 Å². The lowest BCUT2D eigenvalue weighted by atomic mass is 9.84. The topological polar surface area (TPSA) is 0 Å². The summed E-state index contributed by atoms with van der Waals surface area (Å²) in [6.45, 7) is 0. The van der Waals surface area contributed by atoms with Gasteiger partial charge in [0.25, 0.3) is 0 Å². The van der Waals surface area contributed by atoms with Crippen molar-refractivity contribution in [2.24, 2.45) is 0 Å². The van der Waals surface area contributed by atoms with Gasteiger partial charge in [-0.05, 0) is 89.0 Å². The molecule has 0 aliphatic rings. The Morgan fingerprint density at radius 3 is 1.33 bits per heavy atom. The van der Waals surface area contributed by atoms with E-state index < -0.39 is 0 Å². The first-order valence-corrected chi connectivity index (χ1v) is 14.5. The summed E-state index contributed by atoms with van der Waals surface area (Å²) in [6, 6.07) is 61.7. The van der Waals surface area contributed by atoms with Crippen LogP contribution in [0.1, 0.15) is 0 Å². The summed E-state index contributed by atoms with van der Waals surface area (Å²) in [5.41, 5.74) is 9.98. The van der Waals surface area contributed by atoms with Crippen molar-refractivity contribution in [3.8, 4) is 44.5 Å². The maximum atomic E-state index is 2.41. The van der Waals surface area contributed by atoms with Crippen LogP contribution in [-0.4, -0.2) is 0 Å². The minimum absolute atomic E-state index is 1.22. The third-order valence-corrected chi connectivity index (χ3v) is 8.45. The second-order valence-electron chi connectivity index (χ2n) is 10.9. The van der Waals surface area contributed by atoms with Gasteiger partial charge in [-0.25, -0.2) is 0 Å². The van der Waals surface area contributed by atoms with E-state index in [4.69, 9.17) is 0 Å². The zero-order valence-corrected chi connectivity index (χ0v) is 23.2. The lowest BCUT2D eigenvalue weighted by Gasteiger charge is -2.19. The van der Waals surface area contributed by atoms with Crippen LogP contribution in [0.15, 0.2) is 170 Å². The summed E-state index contributed by atoms with van der Waals surface area (Å²) in [4.78, 5) is 0. The van der Waals surface area contributed by atoms with Gasteiger partial charge in [0.05, 0.1) is 0 Å². The zero-order valence-electron chi connectivity index (χ0n) is 23.2. The Morgan fingerprint density at radius 2 is 0.690 bits per heavy atom. The van der Waals surface area contributed by atoms with Gasteiger partial charge in [-0.1, -0.05) is 158 Å². The number of rotatable bonds is 4. The highest BCUT2D eigenvalue weighted by Crippen LogP contribution is 2.45. The molecule has 0 nitrogen and oxygen atoms in total. The summed E-state index contributed by atoms with van der Waals surface area (Å²) in [5.74, 6) is 0. The molecule has 0 aromatic heterocycles. The van der Waals surface area contributed by atoms with E-state index in [9.17, 15) is 0 Å². The molecule has 0 N–H and O–H groups in total. The number of benzene rings is 8. The SMILES string of the molecule is c1ccc(-c2c3ccccc3c(-c3ccccc3)c3cc(-c4ccccc4-c4ccc5ccccc5c4)ccc23)cc1. The summed E-state index contributed by atoms with van der Waals surface area (Å²) in [5, 5.41) is 7.61. The monoisotopic (exact) mass is 532 g/mol. The lowest BCUT2D eigenvalue weighted by Crippen LogP contribution is -1.92. The van der Waals surface area contributed by atoms with Crippen LogP contribution in [0, 0.1) is 0 Å². The van der Waals surface area contributed by atoms with Gasteiger partial charge in [-0.2, -0.15) is 0 Å². The van der Waals surface area contributed by atoms with Crippen LogP contribution in [0.4, 0.5) is 0 Å². The summed E-state index contributed by atoms with van der Waals surface area (Å²) in [6.07, 6.45) is 0. The number of hydrogen-bond acceptors (Lipinski definition) is 0. The van der Waals surface area contributed by atoms with Crippen molar-refractivity contribution >= 4 is 32.3 Å². The fourth-order valence-electron chi connectivity index (χ4n) is 6.52. The number of fused-ring (bicyclic) bond motifs is 3. The molecule has 0 amide bonds. The molecule has 8 rings (SSSR count). The van der Waals surface area contributed by atoms with E-state index in [0.29, 0.717) is 0 Å². The Labute approximate surface area is 246 Å². The highest BCUT2D eigenvalue weighted by molar-refractivity contribution is 6.22. The van der Waals surface area contributed by atoms with E-state index in [1.54, 1.807) is 0 Å². The normalized spacial score (nSPS) is 11.3. The fraction of sp³-hybridized carbons (Fsp3) is 0. The molecule has 0 heteroatoms. The standard InChI is InChI=1S/C42H28/c1-3-14-30(15-4-1)41-37-21-11-12-22-38(37)42(31-16-5-2-6-17-31)40-28-34(25-26-39(40)41)36-20-10-9-19-35(36)33-24-23-29-13-7-8-18-32(29)27-33/h1-28H. The molecule has 8 aromatic carbocycles. The first-order valence-electron chi connectivity index (χ1n) is 14.5. The molecule has 0 atom stereocenters. The van der Waals surface area contributed by atoms with Crippen molar-refractivity contribution in [3.05, 3.63) is 170 Å². The zero-order chi connectivity index (χ0) is 27.9. The molecule has 0 aliphatic carbocycles. The van der Waals surface area contributed by atoms with Crippen molar-refractivity contribution in [1.29, 1.82) is 0 Å². The molecule has 0 saturated carbocycles. The Bertz CT molecular complexity index is 2220. The summed E-state index contributed by atoms with van der Waals surface area (Å²) >= 11 is 0. The predicted octanol–water partition coefficient (Wildman–Crippen LogP) is 11.8. The molecule has 0 radical (unpaired) electrons. The molecule has 42 heavy (non-hydrogen) atoms. The number of hydrogen-bond donors (Lipinski definition) is 0. The Kier molecular flexibility index (Phi) is 5.90. The van der Waals surface area contributed by atoms with Crippen LogP contribution < -0.4 is 0 Å². The minimum Gasteiger partial charge on any atom is -0.0622 e. The van der Waals surface area contributed by atoms with E-state index in [2.05, 4.69) is 170 Å². The Morgan fingerprint density at radius 1 is 0.238 bits per heavy atom. The van der Waals surface area contributed by atoms with Gasteiger partial charge in [0.15, 0.2) is 0 Å². The van der Waals surface area contributed by atoms with Gasteiger partial charge < -0.3 is 0 Å². The molecular weight excluding hydrogens is 504 g/mol. The largest absolute Gasteiger partial charge is 0.0622 e. The van der Waals surface area contributed by atoms with Crippen molar-refractivity contribution < 1.29 is 0 Å². The van der Waals surface area contributed by atoms with E-state index in [1.807, 2.05) is 0 Å². The maximum absolute atomic E-state index is 2.41. The highest BCUT2D eigenvalue weighted by Gasteiger charge is 2.18. The summed E-state index contributed by atoms with van der Waals surface area (Å²) < 4.78 is 0. The van der Waals surface area contributed by atoms with Gasteiger partial charge in [-0.3, -0.25) is 0 Å². The second-order valence-corrected chi connectivity index (χ2v) is 10.9. The molecule has 0 heterocycles. The van der Waals surface area contributed by atoms with Crippen LogP contribution in [0.3, 0.4) is 0 Å². The van der Waals surface area contributed by atoms with Gasteiger partial charge >= 0.3 is 0 Å². The lowest BCUT2D eigenvalue weighted by molar-refractivity contribution is 1.60. The predicted molar refractivity (Wildman–Crippen MR) is 181 cm³/mol. The van der Waals surface area contributed by atoms with E-state index in [-0.39, 0.29) is 0 Å². The minimum atomic E-state index is 1.22. The van der Waals surface area contributed by atoms with Crippen LogP contribution in [0.2, 0.25) is 0 Å². The van der Waals surface area contributed by atoms with E-state index in [0.717, 1.165) is 0 Å². The maximum Gasteiger partial charge on any atom is -0.00262 e. The van der Waals surface area contributed by atoms with Gasteiger partial charge in [0, 0.05) is 0 Å². The van der Waals surface area contributed by atoms with Crippen molar-refractivity contribution in [3.63, 3.8) is 0 Å². The highest BCUT2D eigenvalue weighted by atomic mass is 14.2. The van der Waals surface area contributed by atoms with E-state index in [1.165, 1.54) is 76.8 Å². The molecule has 0 aliphatic heterocycles. The molecule has 0 unspecified atom stereocenters. The molecule has 0 bridgehead atoms. The van der Waals surface area contributed by atoms with Gasteiger partial charge in [0.2, 0.25) is 0 Å². The second kappa shape index (κ2) is 10.2. The van der Waals surface area contributed by atoms with Crippen LogP contribution in [0.5, 0.6) is 0 Å². The van der Waals surface area contributed by atoms with Gasteiger partial charge in [-0.15, -0.1) is 0 Å². The van der Waals surface area contributed by atoms with Crippen molar-refractivity contribution in [1.82, 2.24) is 0 Å². The molecule has 196 valence electrons. The fourth-order valence-corrected chi connectivity index (χ4v) is 6.52. The molecule has 8 aromatic rings. The molecular formula is C42H28. The summed E-state index contributed by atoms with van der Waals surface area (Å²) in [7, 11) is 0. The first kappa shape index (κ1) is 24.3. The molecule has 0 saturated heterocycles. The smallest absolute Gasteiger partial charge is 0.00262 e. The quantitative estimate of drug-likeness (QED) is 0.198. The Balaban J connectivity index is 1.44. The molecule has 0 spiro atoms. The first-order chi connectivity index (χ1) is 20.8. The van der Waals surface area contributed by atoms with Crippen LogP contribution in [-0.2, 0) is 0 Å². The average Bonchev–Trinajstić information content (AvgIpc) is 3.07.